The van der Waals surface area contributed by atoms with Gasteiger partial charge in [-0.3, -0.25) is 0 Å². The van der Waals surface area contributed by atoms with Crippen LogP contribution < -0.4 is 8.51 Å². The maximum atomic E-state index is 2.50. The molecule has 40 heavy (non-hydrogen) atoms. The fourth-order valence-corrected chi connectivity index (χ4v) is 19.5. The molecule has 6 rings (SSSR count). The van der Waals surface area contributed by atoms with Crippen molar-refractivity contribution in [2.45, 2.75) is 55.9 Å². The van der Waals surface area contributed by atoms with Crippen molar-refractivity contribution in [1.29, 1.82) is 0 Å². The second-order valence-corrected chi connectivity index (χ2v) is 26.6. The van der Waals surface area contributed by atoms with Gasteiger partial charge in [0.1, 0.15) is 0 Å². The first-order chi connectivity index (χ1) is 19.4. The molecule has 4 aromatic rings. The number of fused-ring (bicyclic) bond motifs is 3. The standard InChI is InChI=1S/C20H26Si.C13H9.C5H5.Hf/c1-5-6-7-17-8-10-18(11-9-17)16-19-12-14-20(15-13-19)21(2,3)4;1-3-7-12-10(5-1)9-11-6-2-4-8-13(11)12;1-2-4-5-3-1;/h8-15H,5-7H2,1-4H3;1-5,7-8H,9H2;1-5H;. The van der Waals surface area contributed by atoms with E-state index in [2.05, 4.69) is 142 Å². The number of rotatable bonds is 8. The third kappa shape index (κ3) is 5.46. The molecule has 0 aromatic heterocycles. The molecule has 2 heteroatoms. The number of benzene rings is 4. The van der Waals surface area contributed by atoms with Crippen LogP contribution in [0.5, 0.6) is 0 Å². The molecule has 0 heterocycles. The number of hydrogen-bond donors (Lipinski definition) is 0. The van der Waals surface area contributed by atoms with E-state index in [0.717, 1.165) is 6.42 Å². The Morgan fingerprint density at radius 1 is 0.750 bits per heavy atom. The van der Waals surface area contributed by atoms with Crippen LogP contribution in [0.2, 0.25) is 23.3 Å². The zero-order chi connectivity index (χ0) is 27.7. The Morgan fingerprint density at radius 2 is 1.40 bits per heavy atom. The fourth-order valence-electron chi connectivity index (χ4n) is 6.35. The fraction of sp³-hybridized carbons (Fsp3) is 0.237. The predicted molar refractivity (Wildman–Crippen MR) is 174 cm³/mol. The zero-order valence-corrected chi connectivity index (χ0v) is 29.0. The Hall–Kier alpha value is -2.68. The van der Waals surface area contributed by atoms with E-state index in [1.807, 2.05) is 0 Å². The molecule has 200 valence electrons. The average molecular weight is 703 g/mol. The molecule has 0 spiro atoms. The Labute approximate surface area is 249 Å². The van der Waals surface area contributed by atoms with Crippen LogP contribution >= 0.6 is 0 Å². The van der Waals surface area contributed by atoms with Gasteiger partial charge in [-0.05, 0) is 0 Å². The summed E-state index contributed by atoms with van der Waals surface area (Å²) in [5.41, 5.74) is 10.3. The molecule has 0 amide bonds. The van der Waals surface area contributed by atoms with E-state index in [9.17, 15) is 0 Å². The first kappa shape index (κ1) is 27.5. The number of allylic oxidation sites excluding steroid dienone is 4. The zero-order valence-electron chi connectivity index (χ0n) is 24.4. The monoisotopic (exact) mass is 704 g/mol. The summed E-state index contributed by atoms with van der Waals surface area (Å²) < 4.78 is 3.87. The third-order valence-corrected chi connectivity index (χ3v) is 22.2. The summed E-state index contributed by atoms with van der Waals surface area (Å²) in [6.45, 7) is 9.62. The van der Waals surface area contributed by atoms with Crippen LogP contribution in [0, 0.1) is 0 Å². The van der Waals surface area contributed by atoms with E-state index >= 15 is 0 Å². The molecule has 0 nitrogen and oxygen atoms in total. The predicted octanol–water partition coefficient (Wildman–Crippen LogP) is 8.57. The number of aryl methyl sites for hydroxylation is 1. The van der Waals surface area contributed by atoms with E-state index < -0.39 is 29.0 Å². The van der Waals surface area contributed by atoms with Gasteiger partial charge in [-0.1, -0.05) is 0 Å². The number of unbranched alkanes of at least 4 members (excludes halogenated alkanes) is 1. The van der Waals surface area contributed by atoms with Crippen LogP contribution in [0.25, 0.3) is 11.1 Å². The molecular weight excluding hydrogens is 663 g/mol. The van der Waals surface area contributed by atoms with Crippen molar-refractivity contribution in [2.75, 3.05) is 0 Å². The Bertz CT molecular complexity index is 1600. The molecule has 0 bridgehead atoms. The van der Waals surface area contributed by atoms with Crippen molar-refractivity contribution in [1.82, 2.24) is 0 Å². The van der Waals surface area contributed by atoms with Gasteiger partial charge >= 0.3 is 251 Å². The van der Waals surface area contributed by atoms with E-state index in [0.29, 0.717) is 3.67 Å². The van der Waals surface area contributed by atoms with E-state index in [4.69, 9.17) is 0 Å². The summed E-state index contributed by atoms with van der Waals surface area (Å²) in [6, 6.07) is 35.7. The van der Waals surface area contributed by atoms with Crippen molar-refractivity contribution in [3.05, 3.63) is 143 Å². The van der Waals surface area contributed by atoms with Gasteiger partial charge < -0.3 is 0 Å². The molecule has 2 aliphatic rings. The molecule has 0 N–H and O–H groups in total. The normalized spacial score (nSPS) is 14.8. The molecule has 0 saturated heterocycles. The molecule has 4 aromatic carbocycles. The quantitative estimate of drug-likeness (QED) is 0.142. The second-order valence-electron chi connectivity index (χ2n) is 12.4. The van der Waals surface area contributed by atoms with Crippen LogP contribution in [-0.2, 0) is 33.8 Å². The van der Waals surface area contributed by atoms with Gasteiger partial charge in [0.15, 0.2) is 0 Å². The van der Waals surface area contributed by atoms with E-state index in [1.54, 1.807) is 12.1 Å². The first-order valence-electron chi connectivity index (χ1n) is 14.9. The van der Waals surface area contributed by atoms with Crippen molar-refractivity contribution in [3.8, 4) is 11.1 Å². The molecule has 2 aliphatic carbocycles. The topological polar surface area (TPSA) is 0 Å². The van der Waals surface area contributed by atoms with Crippen LogP contribution in [-0.4, -0.2) is 11.3 Å². The molecule has 0 aliphatic heterocycles. The maximum absolute atomic E-state index is 2.78. The number of hydrogen-bond acceptors (Lipinski definition) is 0. The molecule has 0 saturated carbocycles. The molecular formula is C38H40HfSi. The summed E-state index contributed by atoms with van der Waals surface area (Å²) in [6.07, 6.45) is 14.3. The molecule has 0 fully saturated rings. The molecule has 0 radical (unpaired) electrons. The van der Waals surface area contributed by atoms with Gasteiger partial charge in [0.05, 0.1) is 0 Å². The van der Waals surface area contributed by atoms with Gasteiger partial charge in [0.2, 0.25) is 0 Å². The SMILES string of the molecule is CCCCc1ccc([C](c2ccc([Si](C)(C)C)cc2)=[Hf]([c]2cccc3c2Cc2ccccc2-3)[CH]2C=CC=C2)cc1. The van der Waals surface area contributed by atoms with Crippen LogP contribution in [0.15, 0.2) is 115 Å². The Morgan fingerprint density at radius 3 is 2.08 bits per heavy atom. The third-order valence-electron chi connectivity index (χ3n) is 8.59. The summed E-state index contributed by atoms with van der Waals surface area (Å²) in [5, 5.41) is 1.54. The van der Waals surface area contributed by atoms with Gasteiger partial charge in [0.25, 0.3) is 0 Å². The average Bonchev–Trinajstić information content (AvgIpc) is 3.63. The van der Waals surface area contributed by atoms with Crippen molar-refractivity contribution >= 4 is 19.8 Å². The summed E-state index contributed by atoms with van der Waals surface area (Å²) in [5.74, 6) is 0. The minimum absolute atomic E-state index is 0.534. The van der Waals surface area contributed by atoms with Crippen molar-refractivity contribution < 1.29 is 21.0 Å². The van der Waals surface area contributed by atoms with Crippen LogP contribution in [0.3, 0.4) is 0 Å². The summed E-state index contributed by atoms with van der Waals surface area (Å²) in [7, 11) is -1.37. The molecule has 0 unspecified atom stereocenters. The first-order valence-corrected chi connectivity index (χ1v) is 24.1. The Balaban J connectivity index is 1.60. The Kier molecular flexibility index (Phi) is 8.01. The minimum atomic E-state index is -2.78. The summed E-state index contributed by atoms with van der Waals surface area (Å²) >= 11 is -2.78. The van der Waals surface area contributed by atoms with Gasteiger partial charge in [-0.2, -0.15) is 0 Å². The molecule has 0 atom stereocenters. The van der Waals surface area contributed by atoms with Gasteiger partial charge in [-0.15, -0.1) is 0 Å². The van der Waals surface area contributed by atoms with E-state index in [1.165, 1.54) is 57.8 Å². The van der Waals surface area contributed by atoms with Crippen molar-refractivity contribution in [2.24, 2.45) is 0 Å². The second kappa shape index (κ2) is 11.7. The van der Waals surface area contributed by atoms with Crippen molar-refractivity contribution in [3.63, 3.8) is 0 Å². The van der Waals surface area contributed by atoms with Crippen LogP contribution in [0.4, 0.5) is 0 Å². The van der Waals surface area contributed by atoms with E-state index in [-0.39, 0.29) is 0 Å². The van der Waals surface area contributed by atoms with Crippen LogP contribution in [0.1, 0.15) is 47.6 Å². The summed E-state index contributed by atoms with van der Waals surface area (Å²) in [4.78, 5) is 0. The van der Waals surface area contributed by atoms with Gasteiger partial charge in [-0.25, -0.2) is 0 Å². The van der Waals surface area contributed by atoms with Gasteiger partial charge in [0, 0.05) is 0 Å².